The fourth-order valence-electron chi connectivity index (χ4n) is 1.05. The van der Waals surface area contributed by atoms with Gasteiger partial charge in [-0.25, -0.2) is 4.79 Å². The number of alkyl halides is 1. The van der Waals surface area contributed by atoms with Crippen molar-refractivity contribution in [2.24, 2.45) is 0 Å². The third kappa shape index (κ3) is 9.62. The van der Waals surface area contributed by atoms with Crippen LogP contribution >= 0.6 is 22.6 Å². The first-order valence-corrected chi connectivity index (χ1v) is 10.8. The van der Waals surface area contributed by atoms with Crippen molar-refractivity contribution in [3.8, 4) is 11.5 Å². The Morgan fingerprint density at radius 1 is 1.41 bits per heavy atom. The minimum Gasteiger partial charge on any atom is -0.464 e. The van der Waals surface area contributed by atoms with Gasteiger partial charge in [-0.3, -0.25) is 0 Å². The second-order valence-corrected chi connectivity index (χ2v) is 10.4. The van der Waals surface area contributed by atoms with Crippen molar-refractivity contribution in [2.75, 3.05) is 17.6 Å². The second-order valence-electron chi connectivity index (χ2n) is 4.58. The number of carbonyl (C=O) groups excluding carboxylic acids is 1. The molecule has 0 saturated heterocycles. The van der Waals surface area contributed by atoms with Gasteiger partial charge in [-0.1, -0.05) is 48.2 Å². The van der Waals surface area contributed by atoms with Crippen LogP contribution in [0.25, 0.3) is 0 Å². The van der Waals surface area contributed by atoms with Crippen LogP contribution in [0, 0.1) is 11.5 Å². The molecule has 0 saturated carbocycles. The van der Waals surface area contributed by atoms with Crippen LogP contribution in [0.3, 0.4) is 0 Å². The maximum atomic E-state index is 11.5. The maximum Gasteiger partial charge on any atom is 0.335 e. The number of rotatable bonds is 6. The number of carbonyl (C=O) groups is 1. The minimum atomic E-state index is -1.35. The van der Waals surface area contributed by atoms with E-state index < -0.39 is 14.2 Å². The van der Waals surface area contributed by atoms with E-state index >= 15 is 0 Å². The first kappa shape index (κ1) is 16.9. The van der Waals surface area contributed by atoms with Crippen molar-refractivity contribution in [3.05, 3.63) is 0 Å². The Hall–Kier alpha value is -0.0631. The lowest BCUT2D eigenvalue weighted by Gasteiger charge is -2.13. The summed E-state index contributed by atoms with van der Waals surface area (Å²) >= 11 is 2.22. The first-order valence-electron chi connectivity index (χ1n) is 5.75. The Morgan fingerprint density at radius 3 is 2.53 bits per heavy atom. The largest absolute Gasteiger partial charge is 0.464 e. The predicted molar refractivity (Wildman–Crippen MR) is 81.0 cm³/mol. The number of halogens is 1. The van der Waals surface area contributed by atoms with E-state index in [1.54, 1.807) is 6.92 Å². The predicted octanol–water partition coefficient (Wildman–Crippen LogP) is 2.64. The fourth-order valence-corrected chi connectivity index (χ4v) is 2.22. The molecule has 0 aliphatic carbocycles. The SMILES string of the molecule is CCOC(=O)C(CCI)OCC#C[Si](C)(C)C. The molecule has 0 radical (unpaired) electrons. The van der Waals surface area contributed by atoms with E-state index in [-0.39, 0.29) is 5.97 Å². The highest BCUT2D eigenvalue weighted by atomic mass is 127. The highest BCUT2D eigenvalue weighted by Crippen LogP contribution is 2.04. The van der Waals surface area contributed by atoms with E-state index in [1.165, 1.54) is 0 Å². The van der Waals surface area contributed by atoms with E-state index in [1.807, 2.05) is 0 Å². The van der Waals surface area contributed by atoms with Crippen LogP contribution in [-0.4, -0.2) is 37.8 Å². The molecule has 0 aromatic heterocycles. The first-order chi connectivity index (χ1) is 7.90. The smallest absolute Gasteiger partial charge is 0.335 e. The summed E-state index contributed by atoms with van der Waals surface area (Å²) in [6.45, 7) is 9.02. The average molecular weight is 368 g/mol. The lowest BCUT2D eigenvalue weighted by Crippen LogP contribution is -2.27. The zero-order valence-corrected chi connectivity index (χ0v) is 14.2. The van der Waals surface area contributed by atoms with Gasteiger partial charge in [0.05, 0.1) is 6.61 Å². The maximum absolute atomic E-state index is 11.5. The van der Waals surface area contributed by atoms with Crippen molar-refractivity contribution < 1.29 is 14.3 Å². The Balaban J connectivity index is 4.17. The summed E-state index contributed by atoms with van der Waals surface area (Å²) in [4.78, 5) is 11.5. The molecule has 3 nitrogen and oxygen atoms in total. The monoisotopic (exact) mass is 368 g/mol. The van der Waals surface area contributed by atoms with Gasteiger partial charge < -0.3 is 9.47 Å². The van der Waals surface area contributed by atoms with Crippen molar-refractivity contribution in [1.82, 2.24) is 0 Å². The molecular formula is C12H21IO3Si. The molecule has 0 fully saturated rings. The summed E-state index contributed by atoms with van der Waals surface area (Å²) in [6, 6.07) is 0. The number of hydrogen-bond acceptors (Lipinski definition) is 3. The summed E-state index contributed by atoms with van der Waals surface area (Å²) in [5, 5.41) is 0. The van der Waals surface area contributed by atoms with Gasteiger partial charge in [0.2, 0.25) is 0 Å². The lowest BCUT2D eigenvalue weighted by molar-refractivity contribution is -0.155. The summed E-state index contributed by atoms with van der Waals surface area (Å²) in [7, 11) is -1.35. The van der Waals surface area contributed by atoms with Gasteiger partial charge >= 0.3 is 5.97 Å². The minimum absolute atomic E-state index is 0.279. The normalized spacial score (nSPS) is 12.5. The fraction of sp³-hybridized carbons (Fsp3) is 0.750. The van der Waals surface area contributed by atoms with Gasteiger partial charge in [-0.2, -0.15) is 0 Å². The molecule has 0 aromatic rings. The average Bonchev–Trinajstić information content (AvgIpc) is 2.21. The summed E-state index contributed by atoms with van der Waals surface area (Å²) in [5.74, 6) is 2.71. The second kappa shape index (κ2) is 8.95. The van der Waals surface area contributed by atoms with Gasteiger partial charge in [-0.15, -0.1) is 5.54 Å². The van der Waals surface area contributed by atoms with E-state index in [4.69, 9.17) is 9.47 Å². The van der Waals surface area contributed by atoms with Gasteiger partial charge in [-0.05, 0) is 13.3 Å². The van der Waals surface area contributed by atoms with Gasteiger partial charge in [0.15, 0.2) is 6.10 Å². The Morgan fingerprint density at radius 2 is 2.06 bits per heavy atom. The van der Waals surface area contributed by atoms with E-state index in [0.29, 0.717) is 19.6 Å². The number of hydrogen-bond donors (Lipinski definition) is 0. The topological polar surface area (TPSA) is 35.5 Å². The molecule has 1 atom stereocenters. The highest BCUT2D eigenvalue weighted by molar-refractivity contribution is 14.1. The molecule has 0 aliphatic heterocycles. The molecule has 17 heavy (non-hydrogen) atoms. The highest BCUT2D eigenvalue weighted by Gasteiger charge is 2.19. The van der Waals surface area contributed by atoms with Crippen molar-refractivity contribution in [3.63, 3.8) is 0 Å². The Bertz CT molecular complexity index is 288. The van der Waals surface area contributed by atoms with E-state index in [9.17, 15) is 4.79 Å². The summed E-state index contributed by atoms with van der Waals surface area (Å²) in [6.07, 6.45) is 0.205. The van der Waals surface area contributed by atoms with Crippen molar-refractivity contribution >= 4 is 36.6 Å². The van der Waals surface area contributed by atoms with Crippen LogP contribution in [0.15, 0.2) is 0 Å². The van der Waals surface area contributed by atoms with Crippen LogP contribution < -0.4 is 0 Å². The standard InChI is InChI=1S/C12H21IO3Si/c1-5-15-12(14)11(7-8-13)16-9-6-10-17(2,3)4/h11H,5,7-9H2,1-4H3. The molecule has 1 unspecified atom stereocenters. The number of ether oxygens (including phenoxy) is 2. The van der Waals surface area contributed by atoms with Crippen molar-refractivity contribution in [1.29, 1.82) is 0 Å². The zero-order chi connectivity index (χ0) is 13.3. The molecule has 0 aliphatic rings. The van der Waals surface area contributed by atoms with Gasteiger partial charge in [0.1, 0.15) is 14.7 Å². The van der Waals surface area contributed by atoms with E-state index in [0.717, 1.165) is 4.43 Å². The molecule has 0 rings (SSSR count). The molecule has 0 aromatic carbocycles. The molecule has 0 N–H and O–H groups in total. The molecule has 0 bridgehead atoms. The quantitative estimate of drug-likeness (QED) is 0.238. The van der Waals surface area contributed by atoms with Crippen LogP contribution in [0.5, 0.6) is 0 Å². The Labute approximate surface area is 119 Å². The third-order valence-corrected chi connectivity index (χ3v) is 3.29. The zero-order valence-electron chi connectivity index (χ0n) is 11.0. The van der Waals surface area contributed by atoms with Crippen LogP contribution in [0.2, 0.25) is 19.6 Å². The summed E-state index contributed by atoms with van der Waals surface area (Å²) < 4.78 is 11.3. The van der Waals surface area contributed by atoms with Crippen LogP contribution in [-0.2, 0) is 14.3 Å². The molecule has 0 heterocycles. The van der Waals surface area contributed by atoms with E-state index in [2.05, 4.69) is 53.7 Å². The van der Waals surface area contributed by atoms with Crippen LogP contribution in [0.4, 0.5) is 0 Å². The van der Waals surface area contributed by atoms with Gasteiger partial charge in [0, 0.05) is 4.43 Å². The number of esters is 1. The third-order valence-electron chi connectivity index (χ3n) is 1.74. The Kier molecular flexibility index (Phi) is 8.91. The van der Waals surface area contributed by atoms with Gasteiger partial charge in [0.25, 0.3) is 0 Å². The summed E-state index contributed by atoms with van der Waals surface area (Å²) in [5.41, 5.74) is 3.20. The molecule has 5 heteroatoms. The van der Waals surface area contributed by atoms with Crippen molar-refractivity contribution in [2.45, 2.75) is 39.1 Å². The molecule has 0 spiro atoms. The lowest BCUT2D eigenvalue weighted by atomic mass is 10.3. The molecule has 0 amide bonds. The molecule has 98 valence electrons. The van der Waals surface area contributed by atoms with Crippen LogP contribution in [0.1, 0.15) is 13.3 Å². The molecular weight excluding hydrogens is 347 g/mol.